The summed E-state index contributed by atoms with van der Waals surface area (Å²) in [4.78, 5) is 38.0. The Bertz CT molecular complexity index is 903. The van der Waals surface area contributed by atoms with E-state index in [-0.39, 0.29) is 29.0 Å². The van der Waals surface area contributed by atoms with Crippen molar-refractivity contribution in [1.82, 2.24) is 0 Å². The molecule has 0 spiro atoms. The predicted octanol–water partition coefficient (Wildman–Crippen LogP) is 2.76. The molecule has 0 bridgehead atoms. The van der Waals surface area contributed by atoms with E-state index in [1.165, 1.54) is 6.26 Å². The normalized spacial score (nSPS) is 39.4. The third-order valence-corrected chi connectivity index (χ3v) is 7.20. The molecule has 0 saturated heterocycles. The molecule has 4 aliphatic rings. The second-order valence-corrected chi connectivity index (χ2v) is 8.42. The summed E-state index contributed by atoms with van der Waals surface area (Å²) in [5.74, 6) is -0.0495. The Morgan fingerprint density at radius 3 is 2.72 bits per heavy atom. The van der Waals surface area contributed by atoms with Crippen LogP contribution in [0.1, 0.15) is 72.4 Å². The molecule has 0 aromatic carbocycles. The van der Waals surface area contributed by atoms with Gasteiger partial charge in [0.25, 0.3) is 0 Å². The van der Waals surface area contributed by atoms with E-state index in [0.29, 0.717) is 48.8 Å². The van der Waals surface area contributed by atoms with E-state index >= 15 is 0 Å². The van der Waals surface area contributed by atoms with Crippen LogP contribution in [0.25, 0.3) is 0 Å². The van der Waals surface area contributed by atoms with Gasteiger partial charge in [-0.1, -0.05) is 13.8 Å². The fourth-order valence-corrected chi connectivity index (χ4v) is 5.90. The summed E-state index contributed by atoms with van der Waals surface area (Å²) in [6.45, 7) is 3.88. The number of furan rings is 1. The number of aliphatic hydroxyl groups excluding tert-OH is 1. The van der Waals surface area contributed by atoms with Crippen LogP contribution in [0.4, 0.5) is 0 Å². The molecule has 1 N–H and O–H groups in total. The zero-order valence-electron chi connectivity index (χ0n) is 14.3. The third-order valence-electron chi connectivity index (χ3n) is 7.20. The Morgan fingerprint density at radius 1 is 1.20 bits per heavy atom. The van der Waals surface area contributed by atoms with Gasteiger partial charge in [0.05, 0.1) is 11.7 Å². The summed E-state index contributed by atoms with van der Waals surface area (Å²) in [5, 5.41) is 11.0. The lowest BCUT2D eigenvalue weighted by Crippen LogP contribution is -2.50. The van der Waals surface area contributed by atoms with Gasteiger partial charge in [0, 0.05) is 40.7 Å². The van der Waals surface area contributed by atoms with Gasteiger partial charge >= 0.3 is 0 Å². The number of aliphatic hydroxyl groups is 1. The first-order valence-electron chi connectivity index (χ1n) is 8.95. The number of Topliss-reactive ketones (excluding diaryl/α,β-unsaturated/α-hetero) is 3. The maximum Gasteiger partial charge on any atom is 0.224 e. The predicted molar refractivity (Wildman–Crippen MR) is 87.4 cm³/mol. The summed E-state index contributed by atoms with van der Waals surface area (Å²) in [6.07, 6.45) is 2.94. The van der Waals surface area contributed by atoms with Gasteiger partial charge in [-0.15, -0.1) is 0 Å². The van der Waals surface area contributed by atoms with E-state index in [4.69, 9.17) is 4.42 Å². The van der Waals surface area contributed by atoms with Gasteiger partial charge in [-0.2, -0.15) is 0 Å². The van der Waals surface area contributed by atoms with Gasteiger partial charge in [0.2, 0.25) is 5.78 Å². The zero-order valence-corrected chi connectivity index (χ0v) is 14.3. The molecule has 0 radical (unpaired) electrons. The molecule has 1 heterocycles. The van der Waals surface area contributed by atoms with E-state index in [2.05, 4.69) is 0 Å². The molecule has 130 valence electrons. The number of carbonyl (C=O) groups excluding carboxylic acids is 3. The highest BCUT2D eigenvalue weighted by molar-refractivity contribution is 6.15. The van der Waals surface area contributed by atoms with Gasteiger partial charge in [-0.3, -0.25) is 14.4 Å². The molecular weight excluding hydrogens is 320 g/mol. The average molecular weight is 340 g/mol. The number of fused-ring (bicyclic) bond motifs is 3. The topological polar surface area (TPSA) is 84.6 Å². The molecule has 1 aromatic rings. The molecule has 1 fully saturated rings. The first-order valence-corrected chi connectivity index (χ1v) is 8.95. The molecule has 0 amide bonds. The molecule has 1 saturated carbocycles. The van der Waals surface area contributed by atoms with Crippen molar-refractivity contribution in [2.45, 2.75) is 57.5 Å². The first kappa shape index (κ1) is 15.3. The molecule has 25 heavy (non-hydrogen) atoms. The van der Waals surface area contributed by atoms with Gasteiger partial charge < -0.3 is 9.52 Å². The highest BCUT2D eigenvalue weighted by atomic mass is 16.3. The van der Waals surface area contributed by atoms with E-state index in [1.54, 1.807) is 0 Å². The number of hydrogen-bond donors (Lipinski definition) is 1. The third kappa shape index (κ3) is 1.56. The Hall–Kier alpha value is -2.01. The van der Waals surface area contributed by atoms with Crippen molar-refractivity contribution in [3.8, 4) is 0 Å². The number of hydrogen-bond acceptors (Lipinski definition) is 5. The fourth-order valence-electron chi connectivity index (χ4n) is 5.90. The maximum absolute atomic E-state index is 13.3. The first-order chi connectivity index (χ1) is 11.8. The van der Waals surface area contributed by atoms with Crippen LogP contribution in [0.5, 0.6) is 0 Å². The van der Waals surface area contributed by atoms with Crippen molar-refractivity contribution in [3.63, 3.8) is 0 Å². The smallest absolute Gasteiger partial charge is 0.224 e. The highest BCUT2D eigenvalue weighted by Gasteiger charge is 2.60. The SMILES string of the molecule is C[C@]12CCC(=O)c3coc(c31)C(=O)C1=C2[C@@H](O)C[C@]2(C)C(=O)CC[C@@H]12. The molecule has 5 rings (SSSR count). The van der Waals surface area contributed by atoms with Gasteiger partial charge in [-0.05, 0) is 24.8 Å². The van der Waals surface area contributed by atoms with Crippen molar-refractivity contribution in [2.75, 3.05) is 0 Å². The summed E-state index contributed by atoms with van der Waals surface area (Å²) in [5.41, 5.74) is 1.20. The van der Waals surface area contributed by atoms with E-state index in [0.717, 1.165) is 5.57 Å². The molecule has 4 aliphatic carbocycles. The van der Waals surface area contributed by atoms with E-state index < -0.39 is 16.9 Å². The van der Waals surface area contributed by atoms with Crippen molar-refractivity contribution < 1.29 is 23.9 Å². The highest BCUT2D eigenvalue weighted by Crippen LogP contribution is 2.60. The molecule has 0 aliphatic heterocycles. The van der Waals surface area contributed by atoms with Gasteiger partial charge in [0.15, 0.2) is 11.5 Å². The molecule has 5 heteroatoms. The van der Waals surface area contributed by atoms with Crippen LogP contribution in [0, 0.1) is 11.3 Å². The van der Waals surface area contributed by atoms with Gasteiger partial charge in [0.1, 0.15) is 12.0 Å². The van der Waals surface area contributed by atoms with E-state index in [1.807, 2.05) is 13.8 Å². The molecule has 1 aromatic heterocycles. The Labute approximate surface area is 145 Å². The summed E-state index contributed by atoms with van der Waals surface area (Å²) in [6, 6.07) is 0. The summed E-state index contributed by atoms with van der Waals surface area (Å²) in [7, 11) is 0. The number of rotatable bonds is 0. The number of carbonyl (C=O) groups is 3. The second kappa shape index (κ2) is 4.39. The minimum absolute atomic E-state index is 0.00879. The van der Waals surface area contributed by atoms with Crippen LogP contribution in [-0.2, 0) is 10.2 Å². The van der Waals surface area contributed by atoms with Crippen molar-refractivity contribution in [2.24, 2.45) is 11.3 Å². The minimum Gasteiger partial charge on any atom is -0.460 e. The molecule has 5 nitrogen and oxygen atoms in total. The van der Waals surface area contributed by atoms with Crippen molar-refractivity contribution >= 4 is 17.3 Å². The monoisotopic (exact) mass is 340 g/mol. The van der Waals surface area contributed by atoms with Crippen LogP contribution in [0.3, 0.4) is 0 Å². The quantitative estimate of drug-likeness (QED) is 0.785. The standard InChI is InChI=1S/C20H20O5/c1-19-6-5-11(21)9-8-25-18(15(9)19)17(24)14-10-3-4-13(23)20(10,2)7-12(22)16(14)19/h8,10,12,22H,3-7H2,1-2H3/t10-,12-,19-,20-/m0/s1. The largest absolute Gasteiger partial charge is 0.460 e. The van der Waals surface area contributed by atoms with Crippen LogP contribution in [-0.4, -0.2) is 28.6 Å². The number of ketones is 3. The lowest BCUT2D eigenvalue weighted by Gasteiger charge is -2.49. The lowest BCUT2D eigenvalue weighted by molar-refractivity contribution is -0.127. The van der Waals surface area contributed by atoms with Gasteiger partial charge in [-0.25, -0.2) is 0 Å². The van der Waals surface area contributed by atoms with Crippen LogP contribution >= 0.6 is 0 Å². The number of allylic oxidation sites excluding steroid dienone is 1. The Kier molecular flexibility index (Phi) is 2.68. The van der Waals surface area contributed by atoms with Crippen molar-refractivity contribution in [3.05, 3.63) is 34.3 Å². The molecule has 0 unspecified atom stereocenters. The van der Waals surface area contributed by atoms with Crippen LogP contribution in [0.2, 0.25) is 0 Å². The van der Waals surface area contributed by atoms with Crippen LogP contribution < -0.4 is 0 Å². The second-order valence-electron chi connectivity index (χ2n) is 8.42. The molecule has 4 atom stereocenters. The maximum atomic E-state index is 13.3. The Balaban J connectivity index is 1.81. The lowest BCUT2D eigenvalue weighted by atomic mass is 9.54. The summed E-state index contributed by atoms with van der Waals surface area (Å²) < 4.78 is 5.56. The molecular formula is C20H20O5. The van der Waals surface area contributed by atoms with Crippen molar-refractivity contribution in [1.29, 1.82) is 0 Å². The van der Waals surface area contributed by atoms with Crippen LogP contribution in [0.15, 0.2) is 21.8 Å². The summed E-state index contributed by atoms with van der Waals surface area (Å²) >= 11 is 0. The minimum atomic E-state index is -0.837. The Morgan fingerprint density at radius 2 is 1.96 bits per heavy atom. The average Bonchev–Trinajstić information content (AvgIpc) is 3.12. The fraction of sp³-hybridized carbons (Fsp3) is 0.550. The zero-order chi connectivity index (χ0) is 17.7. The van der Waals surface area contributed by atoms with E-state index in [9.17, 15) is 19.5 Å².